The van der Waals surface area contributed by atoms with Gasteiger partial charge in [-0.25, -0.2) is 8.42 Å². The molecule has 0 aliphatic heterocycles. The van der Waals surface area contributed by atoms with E-state index >= 15 is 0 Å². The number of sulfonamides is 1. The number of aryl methyl sites for hydroxylation is 1. The summed E-state index contributed by atoms with van der Waals surface area (Å²) >= 11 is 6.22. The molecule has 0 aromatic heterocycles. The molecular formula is C25H34ClN3O4S. The molecule has 1 atom stereocenters. The molecule has 2 aromatic carbocycles. The van der Waals surface area contributed by atoms with Crippen LogP contribution in [0, 0.1) is 12.8 Å². The van der Waals surface area contributed by atoms with Crippen LogP contribution in [-0.4, -0.2) is 50.5 Å². The van der Waals surface area contributed by atoms with Gasteiger partial charge in [0.15, 0.2) is 0 Å². The van der Waals surface area contributed by atoms with E-state index in [4.69, 9.17) is 11.6 Å². The van der Waals surface area contributed by atoms with Crippen molar-refractivity contribution in [2.24, 2.45) is 5.92 Å². The van der Waals surface area contributed by atoms with E-state index in [9.17, 15) is 18.0 Å². The highest BCUT2D eigenvalue weighted by Gasteiger charge is 2.31. The van der Waals surface area contributed by atoms with E-state index < -0.39 is 28.5 Å². The Morgan fingerprint density at radius 2 is 1.74 bits per heavy atom. The lowest BCUT2D eigenvalue weighted by Crippen LogP contribution is -2.52. The molecule has 0 bridgehead atoms. The normalized spacial score (nSPS) is 12.3. The van der Waals surface area contributed by atoms with Crippen LogP contribution in [0.5, 0.6) is 0 Å². The number of nitrogens with one attached hydrogen (secondary N) is 1. The second kappa shape index (κ2) is 12.2. The zero-order valence-electron chi connectivity index (χ0n) is 20.4. The highest BCUT2D eigenvalue weighted by Crippen LogP contribution is 2.25. The van der Waals surface area contributed by atoms with Gasteiger partial charge in [-0.2, -0.15) is 0 Å². The zero-order valence-corrected chi connectivity index (χ0v) is 22.0. The first-order valence-electron chi connectivity index (χ1n) is 11.3. The molecule has 2 rings (SSSR count). The van der Waals surface area contributed by atoms with E-state index in [1.165, 1.54) is 11.0 Å². The van der Waals surface area contributed by atoms with Crippen molar-refractivity contribution >= 4 is 39.1 Å². The minimum atomic E-state index is -3.80. The van der Waals surface area contributed by atoms with Crippen LogP contribution in [-0.2, 0) is 26.2 Å². The molecule has 0 saturated carbocycles. The number of carbonyl (C=O) groups excluding carboxylic acids is 2. The van der Waals surface area contributed by atoms with Crippen molar-refractivity contribution in [3.8, 4) is 0 Å². The Labute approximate surface area is 208 Å². The van der Waals surface area contributed by atoms with Gasteiger partial charge in [-0.3, -0.25) is 13.9 Å². The first-order chi connectivity index (χ1) is 15.9. The van der Waals surface area contributed by atoms with Gasteiger partial charge in [-0.05, 0) is 42.5 Å². The van der Waals surface area contributed by atoms with Crippen molar-refractivity contribution in [3.63, 3.8) is 0 Å². The van der Waals surface area contributed by atoms with Gasteiger partial charge in [0, 0.05) is 18.1 Å². The number of benzene rings is 2. The van der Waals surface area contributed by atoms with Gasteiger partial charge in [0.1, 0.15) is 12.6 Å². The Bertz CT molecular complexity index is 1090. The maximum absolute atomic E-state index is 13.6. The summed E-state index contributed by atoms with van der Waals surface area (Å²) in [5.41, 5.74) is 1.93. The summed E-state index contributed by atoms with van der Waals surface area (Å²) in [6.45, 7) is 7.85. The van der Waals surface area contributed by atoms with E-state index in [0.717, 1.165) is 21.7 Å². The molecule has 0 radical (unpaired) electrons. The third kappa shape index (κ3) is 7.74. The molecule has 7 nitrogen and oxygen atoms in total. The first kappa shape index (κ1) is 27.7. The molecule has 0 spiro atoms. The van der Waals surface area contributed by atoms with Gasteiger partial charge in [0.2, 0.25) is 21.8 Å². The van der Waals surface area contributed by atoms with Crippen LogP contribution < -0.4 is 9.62 Å². The molecule has 2 amide bonds. The molecule has 0 heterocycles. The largest absolute Gasteiger partial charge is 0.354 e. The number of rotatable bonds is 11. The summed E-state index contributed by atoms with van der Waals surface area (Å²) in [5, 5.41) is 3.30. The van der Waals surface area contributed by atoms with Crippen molar-refractivity contribution in [1.29, 1.82) is 0 Å². The highest BCUT2D eigenvalue weighted by atomic mass is 35.5. The number of amides is 2. The van der Waals surface area contributed by atoms with Crippen LogP contribution in [0.1, 0.15) is 38.3 Å². The topological polar surface area (TPSA) is 86.8 Å². The van der Waals surface area contributed by atoms with E-state index in [2.05, 4.69) is 5.32 Å². The van der Waals surface area contributed by atoms with E-state index in [0.29, 0.717) is 23.7 Å². The van der Waals surface area contributed by atoms with Crippen molar-refractivity contribution in [1.82, 2.24) is 10.2 Å². The molecule has 9 heteroatoms. The van der Waals surface area contributed by atoms with Crippen LogP contribution in [0.15, 0.2) is 48.5 Å². The maximum Gasteiger partial charge on any atom is 0.244 e. The smallest absolute Gasteiger partial charge is 0.244 e. The van der Waals surface area contributed by atoms with Gasteiger partial charge >= 0.3 is 0 Å². The third-order valence-corrected chi connectivity index (χ3v) is 6.94. The number of nitrogens with zero attached hydrogens (tertiary/aromatic N) is 2. The Morgan fingerprint density at radius 1 is 1.09 bits per heavy atom. The van der Waals surface area contributed by atoms with E-state index in [1.807, 2.05) is 58.0 Å². The van der Waals surface area contributed by atoms with Crippen LogP contribution in [0.3, 0.4) is 0 Å². The van der Waals surface area contributed by atoms with Gasteiger partial charge in [-0.1, -0.05) is 68.8 Å². The predicted molar refractivity (Wildman–Crippen MR) is 137 cm³/mol. The Kier molecular flexibility index (Phi) is 9.94. The Morgan fingerprint density at radius 3 is 2.26 bits per heavy atom. The number of hydrogen-bond donors (Lipinski definition) is 1. The molecule has 1 N–H and O–H groups in total. The second-order valence-electron chi connectivity index (χ2n) is 8.77. The van der Waals surface area contributed by atoms with E-state index in [-0.39, 0.29) is 18.4 Å². The monoisotopic (exact) mass is 507 g/mol. The number of halogens is 1. The molecule has 0 saturated heterocycles. The minimum Gasteiger partial charge on any atom is -0.354 e. The minimum absolute atomic E-state index is 0.180. The lowest BCUT2D eigenvalue weighted by atomic mass is 10.1. The summed E-state index contributed by atoms with van der Waals surface area (Å²) in [6.07, 6.45) is 1.43. The standard InChI is InChI=1S/C25H34ClN3O4S/c1-6-23(25(31)27-15-18(2)3)28(16-20-10-8-7-9-11-20)24(30)17-29(34(5,32)33)21-13-12-19(4)22(26)14-21/h7-14,18,23H,6,15-17H2,1-5H3,(H,27,31)/t23-/m1/s1. The SMILES string of the molecule is CC[C@H](C(=O)NCC(C)C)N(Cc1ccccc1)C(=O)CN(c1ccc(C)c(Cl)c1)S(C)(=O)=O. The van der Waals surface area contributed by atoms with Crippen LogP contribution in [0.2, 0.25) is 5.02 Å². The predicted octanol–water partition coefficient (Wildman–Crippen LogP) is 3.99. The lowest BCUT2D eigenvalue weighted by molar-refractivity contribution is -0.140. The fourth-order valence-corrected chi connectivity index (χ4v) is 4.49. The summed E-state index contributed by atoms with van der Waals surface area (Å²) < 4.78 is 26.3. The van der Waals surface area contributed by atoms with Gasteiger partial charge in [0.05, 0.1) is 11.9 Å². The average Bonchev–Trinajstić information content (AvgIpc) is 2.77. The maximum atomic E-state index is 13.6. The molecule has 2 aromatic rings. The number of anilines is 1. The van der Waals surface area contributed by atoms with Gasteiger partial charge in [0.25, 0.3) is 0 Å². The third-order valence-electron chi connectivity index (χ3n) is 5.39. The fourth-order valence-electron chi connectivity index (χ4n) is 3.47. The Hall–Kier alpha value is -2.58. The molecule has 0 unspecified atom stereocenters. The quantitative estimate of drug-likeness (QED) is 0.498. The van der Waals surface area contributed by atoms with Crippen LogP contribution >= 0.6 is 11.6 Å². The van der Waals surface area contributed by atoms with Crippen molar-refractivity contribution < 1.29 is 18.0 Å². The number of carbonyl (C=O) groups is 2. The molecular weight excluding hydrogens is 474 g/mol. The van der Waals surface area contributed by atoms with Crippen molar-refractivity contribution in [2.75, 3.05) is 23.7 Å². The number of hydrogen-bond acceptors (Lipinski definition) is 4. The van der Waals surface area contributed by atoms with Crippen LogP contribution in [0.25, 0.3) is 0 Å². The summed E-state index contributed by atoms with van der Waals surface area (Å²) in [4.78, 5) is 28.0. The molecule has 0 aliphatic carbocycles. The van der Waals surface area contributed by atoms with E-state index in [1.54, 1.807) is 12.1 Å². The van der Waals surface area contributed by atoms with Crippen molar-refractivity contribution in [3.05, 3.63) is 64.7 Å². The summed E-state index contributed by atoms with van der Waals surface area (Å²) in [7, 11) is -3.80. The second-order valence-corrected chi connectivity index (χ2v) is 11.1. The average molecular weight is 508 g/mol. The van der Waals surface area contributed by atoms with Gasteiger partial charge < -0.3 is 10.2 Å². The molecule has 0 fully saturated rings. The fraction of sp³-hybridized carbons (Fsp3) is 0.440. The molecule has 34 heavy (non-hydrogen) atoms. The van der Waals surface area contributed by atoms with Gasteiger partial charge in [-0.15, -0.1) is 0 Å². The Balaban J connectivity index is 2.41. The summed E-state index contributed by atoms with van der Waals surface area (Å²) in [6, 6.07) is 13.4. The summed E-state index contributed by atoms with van der Waals surface area (Å²) in [5.74, 6) is -0.478. The highest BCUT2D eigenvalue weighted by molar-refractivity contribution is 7.92. The lowest BCUT2D eigenvalue weighted by Gasteiger charge is -2.33. The zero-order chi connectivity index (χ0) is 25.5. The van der Waals surface area contributed by atoms with Crippen LogP contribution in [0.4, 0.5) is 5.69 Å². The van der Waals surface area contributed by atoms with Crippen molar-refractivity contribution in [2.45, 2.75) is 46.7 Å². The molecule has 0 aliphatic rings. The first-order valence-corrected chi connectivity index (χ1v) is 13.5. The molecule has 186 valence electrons.